The molecule has 1 rings (SSSR count). The van der Waals surface area contributed by atoms with Crippen LogP contribution >= 0.6 is 0 Å². The molecule has 1 aromatic carbocycles. The highest BCUT2D eigenvalue weighted by molar-refractivity contribution is 5.92. The summed E-state index contributed by atoms with van der Waals surface area (Å²) in [7, 11) is 0. The van der Waals surface area contributed by atoms with Gasteiger partial charge < -0.3 is 31.9 Å². The van der Waals surface area contributed by atoms with E-state index in [0.29, 0.717) is 0 Å². The van der Waals surface area contributed by atoms with Crippen molar-refractivity contribution in [1.82, 2.24) is 16.0 Å². The number of rotatable bonds is 11. The average Bonchev–Trinajstić information content (AvgIpc) is 2.69. The van der Waals surface area contributed by atoms with Crippen LogP contribution in [-0.4, -0.2) is 65.2 Å². The van der Waals surface area contributed by atoms with Gasteiger partial charge in [0, 0.05) is 6.42 Å². The minimum absolute atomic E-state index is 0.132. The summed E-state index contributed by atoms with van der Waals surface area (Å²) >= 11 is 0. The molecule has 0 aromatic heterocycles. The summed E-state index contributed by atoms with van der Waals surface area (Å²) in [5, 5.41) is 24.8. The minimum atomic E-state index is -1.47. The zero-order chi connectivity index (χ0) is 22.0. The van der Waals surface area contributed by atoms with Crippen molar-refractivity contribution in [3.05, 3.63) is 35.9 Å². The molecule has 0 heterocycles. The molecule has 3 unspecified atom stereocenters. The van der Waals surface area contributed by atoms with E-state index in [1.807, 2.05) is 6.07 Å². The molecule has 0 aliphatic carbocycles. The highest BCUT2D eigenvalue weighted by Gasteiger charge is 2.26. The van der Waals surface area contributed by atoms with Gasteiger partial charge >= 0.3 is 5.97 Å². The van der Waals surface area contributed by atoms with E-state index in [4.69, 9.17) is 15.9 Å². The highest BCUT2D eigenvalue weighted by Crippen LogP contribution is 2.05. The number of carbonyl (C=O) groups is 4. The summed E-state index contributed by atoms with van der Waals surface area (Å²) in [5.74, 6) is -3.43. The molecule has 3 amide bonds. The van der Waals surface area contributed by atoms with Crippen molar-refractivity contribution >= 4 is 23.7 Å². The lowest BCUT2D eigenvalue weighted by Crippen LogP contribution is -2.55. The van der Waals surface area contributed by atoms with Gasteiger partial charge in [-0.05, 0) is 11.5 Å². The third-order valence-electron chi connectivity index (χ3n) is 4.18. The van der Waals surface area contributed by atoms with Crippen molar-refractivity contribution in [2.24, 2.45) is 11.7 Å². The first-order valence-electron chi connectivity index (χ1n) is 9.16. The summed E-state index contributed by atoms with van der Waals surface area (Å²) < 4.78 is 0. The topological polar surface area (TPSA) is 171 Å². The summed E-state index contributed by atoms with van der Waals surface area (Å²) in [4.78, 5) is 47.5. The SMILES string of the molecule is CC(C)C(N)C(=O)NC(Cc1ccccc1)C(=O)NCC(=O)NC(CO)C(=O)O. The van der Waals surface area contributed by atoms with E-state index in [-0.39, 0.29) is 12.3 Å². The average molecular weight is 408 g/mol. The van der Waals surface area contributed by atoms with E-state index in [2.05, 4.69) is 16.0 Å². The van der Waals surface area contributed by atoms with Crippen LogP contribution < -0.4 is 21.7 Å². The second kappa shape index (κ2) is 11.8. The Balaban J connectivity index is 2.77. The number of nitrogens with two attached hydrogens (primary N) is 1. The fourth-order valence-corrected chi connectivity index (χ4v) is 2.35. The Morgan fingerprint density at radius 2 is 1.62 bits per heavy atom. The molecule has 0 saturated carbocycles. The first-order valence-corrected chi connectivity index (χ1v) is 9.16. The molecule has 10 heteroatoms. The number of carbonyl (C=O) groups excluding carboxylic acids is 3. The fraction of sp³-hybridized carbons (Fsp3) is 0.474. The Morgan fingerprint density at radius 3 is 2.14 bits per heavy atom. The molecule has 0 saturated heterocycles. The first kappa shape index (κ1) is 24.1. The van der Waals surface area contributed by atoms with Crippen LogP contribution in [0.4, 0.5) is 0 Å². The van der Waals surface area contributed by atoms with Gasteiger partial charge in [-0.15, -0.1) is 0 Å². The molecule has 0 fully saturated rings. The van der Waals surface area contributed by atoms with Crippen LogP contribution in [0.15, 0.2) is 30.3 Å². The maximum absolute atomic E-state index is 12.6. The van der Waals surface area contributed by atoms with Crippen molar-refractivity contribution in [3.8, 4) is 0 Å². The molecule has 29 heavy (non-hydrogen) atoms. The molecule has 0 aliphatic rings. The highest BCUT2D eigenvalue weighted by atomic mass is 16.4. The Labute approximate surface area is 168 Å². The summed E-state index contributed by atoms with van der Waals surface area (Å²) in [5.41, 5.74) is 6.63. The van der Waals surface area contributed by atoms with Crippen LogP contribution in [0.5, 0.6) is 0 Å². The molecule has 0 aliphatic heterocycles. The number of hydrogen-bond acceptors (Lipinski definition) is 6. The van der Waals surface area contributed by atoms with Crippen molar-refractivity contribution in [1.29, 1.82) is 0 Å². The molecule has 0 radical (unpaired) electrons. The van der Waals surface area contributed by atoms with Gasteiger partial charge in [0.1, 0.15) is 12.1 Å². The summed E-state index contributed by atoms with van der Waals surface area (Å²) in [6.45, 7) is 2.26. The number of carboxylic acid groups (broad SMARTS) is 1. The van der Waals surface area contributed by atoms with Gasteiger partial charge in [0.2, 0.25) is 17.7 Å². The van der Waals surface area contributed by atoms with Gasteiger partial charge in [-0.25, -0.2) is 4.79 Å². The van der Waals surface area contributed by atoms with Crippen molar-refractivity contribution in [2.45, 2.75) is 38.4 Å². The zero-order valence-corrected chi connectivity index (χ0v) is 16.4. The van der Waals surface area contributed by atoms with E-state index in [0.717, 1.165) is 5.56 Å². The van der Waals surface area contributed by atoms with E-state index in [1.54, 1.807) is 38.1 Å². The molecular formula is C19H28N4O6. The van der Waals surface area contributed by atoms with E-state index >= 15 is 0 Å². The Bertz CT molecular complexity index is 710. The van der Waals surface area contributed by atoms with Crippen molar-refractivity contribution < 1.29 is 29.4 Å². The normalized spacial score (nSPS) is 13.8. The maximum Gasteiger partial charge on any atom is 0.328 e. The molecule has 160 valence electrons. The van der Waals surface area contributed by atoms with Crippen molar-refractivity contribution in [3.63, 3.8) is 0 Å². The number of aliphatic carboxylic acids is 1. The Kier molecular flexibility index (Phi) is 9.76. The molecular weight excluding hydrogens is 380 g/mol. The second-order valence-electron chi connectivity index (χ2n) is 6.88. The quantitative estimate of drug-likeness (QED) is 0.255. The monoisotopic (exact) mass is 408 g/mol. The van der Waals surface area contributed by atoms with Crippen LogP contribution in [-0.2, 0) is 25.6 Å². The lowest BCUT2D eigenvalue weighted by molar-refractivity contribution is -0.142. The summed E-state index contributed by atoms with van der Waals surface area (Å²) in [6.07, 6.45) is 0.180. The van der Waals surface area contributed by atoms with Gasteiger partial charge in [0.25, 0.3) is 0 Å². The molecule has 0 bridgehead atoms. The lowest BCUT2D eigenvalue weighted by atomic mass is 10.0. The maximum atomic E-state index is 12.6. The number of nitrogens with one attached hydrogen (secondary N) is 3. The standard InChI is InChI=1S/C19H28N4O6/c1-11(2)16(20)18(27)23-13(8-12-6-4-3-5-7-12)17(26)21-9-15(25)22-14(10-24)19(28)29/h3-7,11,13-14,16,24H,8-10,20H2,1-2H3,(H,21,26)(H,22,25)(H,23,27)(H,28,29). The van der Waals surface area contributed by atoms with E-state index in [9.17, 15) is 19.2 Å². The Morgan fingerprint density at radius 1 is 1.00 bits per heavy atom. The minimum Gasteiger partial charge on any atom is -0.480 e. The number of benzene rings is 1. The third kappa shape index (κ3) is 8.28. The number of hydrogen-bond donors (Lipinski definition) is 6. The largest absolute Gasteiger partial charge is 0.480 e. The third-order valence-corrected chi connectivity index (χ3v) is 4.18. The van der Waals surface area contributed by atoms with E-state index in [1.165, 1.54) is 0 Å². The fourth-order valence-electron chi connectivity index (χ4n) is 2.35. The second-order valence-corrected chi connectivity index (χ2v) is 6.88. The molecule has 1 aromatic rings. The van der Waals surface area contributed by atoms with Gasteiger partial charge in [-0.3, -0.25) is 14.4 Å². The van der Waals surface area contributed by atoms with Gasteiger partial charge in [0.15, 0.2) is 0 Å². The number of amides is 3. The Hall–Kier alpha value is -2.98. The van der Waals surface area contributed by atoms with E-state index < -0.39 is 55.0 Å². The summed E-state index contributed by atoms with van der Waals surface area (Å²) in [6, 6.07) is 5.74. The van der Waals surface area contributed by atoms with Gasteiger partial charge in [-0.2, -0.15) is 0 Å². The van der Waals surface area contributed by atoms with Crippen LogP contribution in [0.2, 0.25) is 0 Å². The smallest absolute Gasteiger partial charge is 0.328 e. The van der Waals surface area contributed by atoms with Gasteiger partial charge in [0.05, 0.1) is 19.2 Å². The lowest BCUT2D eigenvalue weighted by Gasteiger charge is -2.22. The predicted octanol–water partition coefficient (Wildman–Crippen LogP) is -1.62. The van der Waals surface area contributed by atoms with Gasteiger partial charge in [-0.1, -0.05) is 44.2 Å². The molecule has 3 atom stereocenters. The molecule has 10 nitrogen and oxygen atoms in total. The number of aliphatic hydroxyl groups is 1. The van der Waals surface area contributed by atoms with Crippen LogP contribution in [0, 0.1) is 5.92 Å². The first-order chi connectivity index (χ1) is 13.6. The van der Waals surface area contributed by atoms with Crippen molar-refractivity contribution in [2.75, 3.05) is 13.2 Å². The van der Waals surface area contributed by atoms with Crippen LogP contribution in [0.1, 0.15) is 19.4 Å². The molecule has 0 spiro atoms. The zero-order valence-electron chi connectivity index (χ0n) is 16.4. The predicted molar refractivity (Wildman–Crippen MR) is 105 cm³/mol. The van der Waals surface area contributed by atoms with Crippen LogP contribution in [0.3, 0.4) is 0 Å². The number of aliphatic hydroxyl groups excluding tert-OH is 1. The van der Waals surface area contributed by atoms with Crippen LogP contribution in [0.25, 0.3) is 0 Å². The number of carboxylic acids is 1. The molecule has 7 N–H and O–H groups in total.